The smallest absolute Gasteiger partial charge is 0.475 e. The summed E-state index contributed by atoms with van der Waals surface area (Å²) >= 11 is 0. The van der Waals surface area contributed by atoms with Gasteiger partial charge < -0.3 is 25.0 Å². The first-order valence-corrected chi connectivity index (χ1v) is 12.2. The topological polar surface area (TPSA) is 117 Å². The van der Waals surface area contributed by atoms with Crippen molar-refractivity contribution in [3.8, 4) is 5.75 Å². The van der Waals surface area contributed by atoms with Crippen molar-refractivity contribution >= 4 is 23.3 Å². The van der Waals surface area contributed by atoms with E-state index >= 15 is 0 Å². The predicted octanol–water partition coefficient (Wildman–Crippen LogP) is 3.83. The van der Waals surface area contributed by atoms with Crippen LogP contribution in [-0.4, -0.2) is 77.4 Å². The molecule has 0 saturated carbocycles. The van der Waals surface area contributed by atoms with Gasteiger partial charge in [-0.3, -0.25) is 9.59 Å². The molecule has 0 spiro atoms. The van der Waals surface area contributed by atoms with Crippen LogP contribution in [0.2, 0.25) is 0 Å². The molecule has 0 atom stereocenters. The normalized spacial score (nSPS) is 14.0. The lowest BCUT2D eigenvalue weighted by Crippen LogP contribution is -2.44. The first-order valence-electron chi connectivity index (χ1n) is 12.2. The fourth-order valence-electron chi connectivity index (χ4n) is 3.71. The molecule has 1 amide bonds. The van der Waals surface area contributed by atoms with E-state index in [0.717, 1.165) is 49.6 Å². The minimum atomic E-state index is -5.08. The van der Waals surface area contributed by atoms with Gasteiger partial charge in [-0.25, -0.2) is 9.48 Å². The molecule has 1 aliphatic rings. The van der Waals surface area contributed by atoms with Crippen LogP contribution in [-0.2, 0) is 11.3 Å². The van der Waals surface area contributed by atoms with E-state index in [4.69, 9.17) is 9.90 Å². The van der Waals surface area contributed by atoms with Gasteiger partial charge in [0.1, 0.15) is 11.4 Å². The lowest BCUT2D eigenvalue weighted by atomic mass is 10.1. The number of aromatic nitrogens is 2. The Bertz CT molecular complexity index is 1430. The second-order valence-electron chi connectivity index (χ2n) is 9.00. The number of hydrogen-bond acceptors (Lipinski definition) is 7. The van der Waals surface area contributed by atoms with Crippen LogP contribution in [0.1, 0.15) is 16.1 Å². The number of carboxylic acids is 1. The van der Waals surface area contributed by atoms with E-state index in [1.807, 2.05) is 24.3 Å². The molecule has 226 valence electrons. The van der Waals surface area contributed by atoms with Gasteiger partial charge in [0.15, 0.2) is 0 Å². The zero-order chi connectivity index (χ0) is 31.1. The van der Waals surface area contributed by atoms with Gasteiger partial charge in [0.25, 0.3) is 11.5 Å². The van der Waals surface area contributed by atoms with E-state index in [2.05, 4.69) is 32.0 Å². The second kappa shape index (κ2) is 13.4. The van der Waals surface area contributed by atoms with Gasteiger partial charge in [-0.2, -0.15) is 18.3 Å². The number of halogens is 6. The molecule has 1 fully saturated rings. The van der Waals surface area contributed by atoms with Crippen LogP contribution in [0.15, 0.2) is 65.5 Å². The highest BCUT2D eigenvalue weighted by Crippen LogP contribution is 2.24. The van der Waals surface area contributed by atoms with Crippen molar-refractivity contribution in [2.45, 2.75) is 19.1 Å². The summed E-state index contributed by atoms with van der Waals surface area (Å²) in [7, 11) is 2.09. The number of carbonyl (C=O) groups excluding carboxylic acids is 1. The van der Waals surface area contributed by atoms with Crippen molar-refractivity contribution in [2.75, 3.05) is 43.4 Å². The maximum absolute atomic E-state index is 12.6. The summed E-state index contributed by atoms with van der Waals surface area (Å²) in [5.74, 6) is -3.76. The lowest BCUT2D eigenvalue weighted by Gasteiger charge is -2.34. The SMILES string of the molecule is CN1CCN(c2cccc(Cn3nc(C(=O)Nc4ccc(OC(F)(F)F)cc4)ccc3=O)c2)CC1.O=C(O)C(F)(F)F. The molecule has 1 aliphatic heterocycles. The second-order valence-corrected chi connectivity index (χ2v) is 9.00. The molecule has 4 rings (SSSR count). The quantitative estimate of drug-likeness (QED) is 0.410. The zero-order valence-electron chi connectivity index (χ0n) is 21.9. The summed E-state index contributed by atoms with van der Waals surface area (Å²) < 4.78 is 73.7. The Balaban J connectivity index is 0.000000616. The highest BCUT2D eigenvalue weighted by Gasteiger charge is 2.38. The summed E-state index contributed by atoms with van der Waals surface area (Å²) in [6.45, 7) is 3.96. The molecule has 2 heterocycles. The van der Waals surface area contributed by atoms with Crippen molar-refractivity contribution in [3.63, 3.8) is 0 Å². The van der Waals surface area contributed by atoms with E-state index in [1.165, 1.54) is 28.9 Å². The van der Waals surface area contributed by atoms with Crippen LogP contribution in [0, 0.1) is 0 Å². The molecule has 2 aromatic carbocycles. The van der Waals surface area contributed by atoms with Crippen LogP contribution in [0.25, 0.3) is 0 Å². The molecule has 42 heavy (non-hydrogen) atoms. The third kappa shape index (κ3) is 9.79. The molecule has 1 saturated heterocycles. The minimum absolute atomic E-state index is 0.00422. The number of piperazine rings is 1. The highest BCUT2D eigenvalue weighted by atomic mass is 19.4. The number of nitrogens with zero attached hydrogens (tertiary/aromatic N) is 4. The largest absolute Gasteiger partial charge is 0.573 e. The summed E-state index contributed by atoms with van der Waals surface area (Å²) in [5, 5.41) is 13.9. The molecule has 0 radical (unpaired) electrons. The molecule has 16 heteroatoms. The number of benzene rings is 2. The Kier molecular flexibility index (Phi) is 10.2. The molecule has 1 aromatic heterocycles. The van der Waals surface area contributed by atoms with Crippen LogP contribution in [0.4, 0.5) is 37.7 Å². The number of hydrogen-bond donors (Lipinski definition) is 2. The monoisotopic (exact) mass is 601 g/mol. The number of aliphatic carboxylic acids is 1. The number of ether oxygens (including phenoxy) is 1. The highest BCUT2D eigenvalue weighted by molar-refractivity contribution is 6.02. The Morgan fingerprint density at radius 1 is 0.952 bits per heavy atom. The summed E-state index contributed by atoms with van der Waals surface area (Å²) in [4.78, 5) is 38.4. The molecule has 3 aromatic rings. The van der Waals surface area contributed by atoms with E-state index < -0.39 is 30.2 Å². The summed E-state index contributed by atoms with van der Waals surface area (Å²) in [5.41, 5.74) is 1.82. The Morgan fingerprint density at radius 2 is 1.57 bits per heavy atom. The first kappa shape index (κ1) is 31.9. The fraction of sp³-hybridized carbons (Fsp3) is 0.308. The van der Waals surface area contributed by atoms with E-state index in [-0.39, 0.29) is 23.5 Å². The molecule has 10 nitrogen and oxygen atoms in total. The molecule has 2 N–H and O–H groups in total. The number of anilines is 2. The van der Waals surface area contributed by atoms with Crippen LogP contribution < -0.4 is 20.5 Å². The molecule has 0 bridgehead atoms. The van der Waals surface area contributed by atoms with Crippen molar-refractivity contribution in [1.29, 1.82) is 0 Å². The van der Waals surface area contributed by atoms with E-state index in [1.54, 1.807) is 0 Å². The molecule has 0 unspecified atom stereocenters. The van der Waals surface area contributed by atoms with Crippen molar-refractivity contribution in [1.82, 2.24) is 14.7 Å². The molecule has 0 aliphatic carbocycles. The van der Waals surface area contributed by atoms with Crippen molar-refractivity contribution < 1.29 is 45.8 Å². The number of carboxylic acid groups (broad SMARTS) is 1. The Labute approximate surface area is 234 Å². The average molecular weight is 602 g/mol. The maximum atomic E-state index is 12.6. The van der Waals surface area contributed by atoms with E-state index in [0.29, 0.717) is 0 Å². The van der Waals surface area contributed by atoms with Gasteiger partial charge in [-0.05, 0) is 55.1 Å². The van der Waals surface area contributed by atoms with Crippen LogP contribution in [0.5, 0.6) is 5.75 Å². The Hall–Kier alpha value is -4.60. The number of alkyl halides is 6. The average Bonchev–Trinajstić information content (AvgIpc) is 2.90. The summed E-state index contributed by atoms with van der Waals surface area (Å²) in [6, 6.07) is 15.1. The fourth-order valence-corrected chi connectivity index (χ4v) is 3.71. The van der Waals surface area contributed by atoms with Crippen molar-refractivity contribution in [3.05, 3.63) is 82.3 Å². The lowest BCUT2D eigenvalue weighted by molar-refractivity contribution is -0.274. The Morgan fingerprint density at radius 3 is 2.14 bits per heavy atom. The third-order valence-corrected chi connectivity index (χ3v) is 5.80. The van der Waals surface area contributed by atoms with Crippen LogP contribution >= 0.6 is 0 Å². The van der Waals surface area contributed by atoms with Gasteiger partial charge in [0.05, 0.1) is 6.54 Å². The zero-order valence-corrected chi connectivity index (χ0v) is 21.9. The predicted molar refractivity (Wildman–Crippen MR) is 139 cm³/mol. The first-order chi connectivity index (χ1) is 19.6. The van der Waals surface area contributed by atoms with Crippen LogP contribution in [0.3, 0.4) is 0 Å². The van der Waals surface area contributed by atoms with Gasteiger partial charge in [0, 0.05) is 43.6 Å². The molecular weight excluding hydrogens is 576 g/mol. The number of likely N-dealkylation sites (N-methyl/N-ethyl adjacent to an activating group) is 1. The van der Waals surface area contributed by atoms with Crippen molar-refractivity contribution in [2.24, 2.45) is 0 Å². The number of carbonyl (C=O) groups is 2. The summed E-state index contributed by atoms with van der Waals surface area (Å²) in [6.07, 6.45) is -9.88. The van der Waals surface area contributed by atoms with E-state index in [9.17, 15) is 35.9 Å². The third-order valence-electron chi connectivity index (χ3n) is 5.80. The van der Waals surface area contributed by atoms with Gasteiger partial charge in [0.2, 0.25) is 0 Å². The standard InChI is InChI=1S/C24H24F3N5O3.C2HF3O2/c1-30-11-13-31(14-12-30)19-4-2-3-17(15-19)16-32-22(33)10-9-21(29-32)23(34)28-18-5-7-20(8-6-18)35-24(25,26)27;3-2(4,5)1(6)7/h2-10,15H,11-14,16H2,1H3,(H,28,34);(H,6,7). The molecular formula is C26H25F6N5O5. The minimum Gasteiger partial charge on any atom is -0.475 e. The maximum Gasteiger partial charge on any atom is 0.573 e. The van der Waals surface area contributed by atoms with Gasteiger partial charge >= 0.3 is 18.5 Å². The number of nitrogens with one attached hydrogen (secondary N) is 1. The number of amides is 1. The number of rotatable bonds is 6. The van der Waals surface area contributed by atoms with Gasteiger partial charge in [-0.1, -0.05) is 12.1 Å². The van der Waals surface area contributed by atoms with Gasteiger partial charge in [-0.15, -0.1) is 13.2 Å².